The summed E-state index contributed by atoms with van der Waals surface area (Å²) in [5.74, 6) is 0. The van der Waals surface area contributed by atoms with Gasteiger partial charge in [-0.05, 0) is 6.92 Å². The van der Waals surface area contributed by atoms with Crippen LogP contribution in [0.25, 0.3) is 0 Å². The van der Waals surface area contributed by atoms with Crippen LogP contribution in [0.15, 0.2) is 12.7 Å². The second-order valence-corrected chi connectivity index (χ2v) is 2.20. The third-order valence-electron chi connectivity index (χ3n) is 0.387. The summed E-state index contributed by atoms with van der Waals surface area (Å²) in [7, 11) is 0. The molecule has 1 unspecified atom stereocenters. The Morgan fingerprint density at radius 1 is 2.00 bits per heavy atom. The molecule has 1 N–H and O–H groups in total. The van der Waals surface area contributed by atoms with Crippen LogP contribution in [-0.2, 0) is 0 Å². The number of aliphatic hydroxyl groups is 1. The predicted molar refractivity (Wildman–Crippen MR) is 29.8 cm³/mol. The molecule has 0 heterocycles. The van der Waals surface area contributed by atoms with Crippen molar-refractivity contribution < 1.29 is 5.11 Å². The van der Waals surface area contributed by atoms with Gasteiger partial charge in [0, 0.05) is 0 Å². The second-order valence-electron chi connectivity index (χ2n) is 1.30. The zero-order valence-corrected chi connectivity index (χ0v) is 4.57. The zero-order chi connectivity index (χ0) is 5.21. The minimum Gasteiger partial charge on any atom is -0.376 e. The fourth-order valence-corrected chi connectivity index (χ4v) is 0. The lowest BCUT2D eigenvalue weighted by Crippen LogP contribution is -2.08. The van der Waals surface area contributed by atoms with Crippen molar-refractivity contribution in [2.75, 3.05) is 0 Å². The van der Waals surface area contributed by atoms with Gasteiger partial charge >= 0.3 is 0 Å². The average Bonchev–Trinajstić information content (AvgIpc) is 1.35. The lowest BCUT2D eigenvalue weighted by Gasteiger charge is -2.06. The summed E-state index contributed by atoms with van der Waals surface area (Å²) in [5, 5.41) is 8.57. The fraction of sp³-hybridized carbons (Fsp3) is 0.500. The van der Waals surface area contributed by atoms with Crippen LogP contribution in [0.5, 0.6) is 0 Å². The highest BCUT2D eigenvalue weighted by Gasteiger charge is 2.03. The topological polar surface area (TPSA) is 20.2 Å². The van der Waals surface area contributed by atoms with E-state index in [0.29, 0.717) is 0 Å². The SMILES string of the molecule is C=CC(C)(O)S. The van der Waals surface area contributed by atoms with E-state index in [9.17, 15) is 0 Å². The van der Waals surface area contributed by atoms with Crippen LogP contribution < -0.4 is 0 Å². The predicted octanol–water partition coefficient (Wildman–Crippen LogP) is 0.811. The van der Waals surface area contributed by atoms with E-state index in [1.54, 1.807) is 6.92 Å². The number of hydrogen-bond acceptors (Lipinski definition) is 2. The van der Waals surface area contributed by atoms with E-state index in [1.165, 1.54) is 6.08 Å². The summed E-state index contributed by atoms with van der Waals surface area (Å²) in [6.07, 6.45) is 1.36. The maximum absolute atomic E-state index is 8.57. The third kappa shape index (κ3) is 4.05. The van der Waals surface area contributed by atoms with E-state index in [0.717, 1.165) is 0 Å². The highest BCUT2D eigenvalue weighted by Crippen LogP contribution is 2.06. The first-order valence-electron chi connectivity index (χ1n) is 1.64. The Hall–Kier alpha value is 0.0500. The largest absolute Gasteiger partial charge is 0.376 e. The van der Waals surface area contributed by atoms with Crippen LogP contribution >= 0.6 is 12.6 Å². The van der Waals surface area contributed by atoms with Crippen molar-refractivity contribution in [2.24, 2.45) is 0 Å². The summed E-state index contributed by atoms with van der Waals surface area (Å²) in [6.45, 7) is 4.85. The van der Waals surface area contributed by atoms with Crippen LogP contribution in [0.4, 0.5) is 0 Å². The van der Waals surface area contributed by atoms with Crippen molar-refractivity contribution in [3.63, 3.8) is 0 Å². The van der Waals surface area contributed by atoms with Gasteiger partial charge in [0.2, 0.25) is 0 Å². The van der Waals surface area contributed by atoms with Gasteiger partial charge in [-0.15, -0.1) is 12.6 Å². The van der Waals surface area contributed by atoms with Crippen LogP contribution in [0, 0.1) is 0 Å². The van der Waals surface area contributed by atoms with Crippen LogP contribution in [-0.4, -0.2) is 10.0 Å². The van der Waals surface area contributed by atoms with Crippen molar-refractivity contribution in [3.8, 4) is 0 Å². The van der Waals surface area contributed by atoms with Crippen molar-refractivity contribution >= 4 is 12.6 Å². The molecule has 0 saturated carbocycles. The molecular formula is C4H8OS. The molecule has 0 bridgehead atoms. The molecule has 2 heteroatoms. The van der Waals surface area contributed by atoms with Crippen molar-refractivity contribution in [2.45, 2.75) is 11.9 Å². The summed E-state index contributed by atoms with van der Waals surface area (Å²) >= 11 is 3.69. The van der Waals surface area contributed by atoms with Gasteiger partial charge in [0.05, 0.1) is 0 Å². The molecule has 0 radical (unpaired) electrons. The molecular weight excluding hydrogens is 96.1 g/mol. The summed E-state index contributed by atoms with van der Waals surface area (Å²) < 4.78 is 0. The Morgan fingerprint density at radius 2 is 2.17 bits per heavy atom. The summed E-state index contributed by atoms with van der Waals surface area (Å²) in [5.41, 5.74) is 0. The van der Waals surface area contributed by atoms with Crippen molar-refractivity contribution in [1.82, 2.24) is 0 Å². The van der Waals surface area contributed by atoms with E-state index in [-0.39, 0.29) is 0 Å². The Balaban J connectivity index is 3.45. The molecule has 0 fully saturated rings. The Morgan fingerprint density at radius 3 is 2.17 bits per heavy atom. The van der Waals surface area contributed by atoms with E-state index in [4.69, 9.17) is 5.11 Å². The first-order chi connectivity index (χ1) is 2.56. The van der Waals surface area contributed by atoms with Gasteiger partial charge in [-0.25, -0.2) is 0 Å². The summed E-state index contributed by atoms with van der Waals surface area (Å²) in [6, 6.07) is 0. The molecule has 0 aromatic rings. The molecule has 0 aliphatic rings. The third-order valence-corrected chi connectivity index (χ3v) is 0.569. The van der Waals surface area contributed by atoms with E-state index in [1.807, 2.05) is 0 Å². The standard InChI is InChI=1S/C4H8OS/c1-3-4(2,5)6/h3,5-6H,1H2,2H3. The minimum atomic E-state index is -1.00. The highest BCUT2D eigenvalue weighted by molar-refractivity contribution is 7.81. The molecule has 0 aromatic carbocycles. The molecule has 0 saturated heterocycles. The number of rotatable bonds is 1. The number of thiol groups is 1. The van der Waals surface area contributed by atoms with E-state index < -0.39 is 4.93 Å². The smallest absolute Gasteiger partial charge is 0.123 e. The molecule has 0 rings (SSSR count). The lowest BCUT2D eigenvalue weighted by atomic mass is 10.4. The molecule has 6 heavy (non-hydrogen) atoms. The van der Waals surface area contributed by atoms with E-state index >= 15 is 0 Å². The van der Waals surface area contributed by atoms with Gasteiger partial charge in [0.1, 0.15) is 4.93 Å². The van der Waals surface area contributed by atoms with Crippen molar-refractivity contribution in [3.05, 3.63) is 12.7 Å². The number of hydrogen-bond donors (Lipinski definition) is 2. The van der Waals surface area contributed by atoms with Gasteiger partial charge in [-0.2, -0.15) is 0 Å². The maximum atomic E-state index is 8.57. The quantitative estimate of drug-likeness (QED) is 0.286. The van der Waals surface area contributed by atoms with Crippen LogP contribution in [0.1, 0.15) is 6.92 Å². The second kappa shape index (κ2) is 1.67. The van der Waals surface area contributed by atoms with Gasteiger partial charge in [0.25, 0.3) is 0 Å². The maximum Gasteiger partial charge on any atom is 0.123 e. The molecule has 0 amide bonds. The van der Waals surface area contributed by atoms with Gasteiger partial charge in [-0.1, -0.05) is 12.7 Å². The average molecular weight is 104 g/mol. The molecule has 0 spiro atoms. The summed E-state index contributed by atoms with van der Waals surface area (Å²) in [4.78, 5) is -1.00. The van der Waals surface area contributed by atoms with Crippen LogP contribution in [0.2, 0.25) is 0 Å². The lowest BCUT2D eigenvalue weighted by molar-refractivity contribution is 0.212. The first-order valence-corrected chi connectivity index (χ1v) is 2.09. The van der Waals surface area contributed by atoms with Gasteiger partial charge < -0.3 is 5.11 Å². The van der Waals surface area contributed by atoms with Crippen LogP contribution in [0.3, 0.4) is 0 Å². The molecule has 0 aromatic heterocycles. The van der Waals surface area contributed by atoms with Crippen molar-refractivity contribution in [1.29, 1.82) is 0 Å². The van der Waals surface area contributed by atoms with Gasteiger partial charge in [-0.3, -0.25) is 0 Å². The zero-order valence-electron chi connectivity index (χ0n) is 3.68. The molecule has 1 nitrogen and oxygen atoms in total. The normalized spacial score (nSPS) is 19.2. The Kier molecular flexibility index (Phi) is 1.68. The molecule has 0 aliphatic heterocycles. The molecule has 0 aliphatic carbocycles. The van der Waals surface area contributed by atoms with Gasteiger partial charge in [0.15, 0.2) is 0 Å². The minimum absolute atomic E-state index is 1.00. The Labute approximate surface area is 43.1 Å². The fourth-order valence-electron chi connectivity index (χ4n) is 0. The Bertz CT molecular complexity index is 53.1. The monoisotopic (exact) mass is 104 g/mol. The molecule has 36 valence electrons. The van der Waals surface area contributed by atoms with E-state index in [2.05, 4.69) is 19.2 Å². The molecule has 1 atom stereocenters. The highest BCUT2D eigenvalue weighted by atomic mass is 32.1. The first kappa shape index (κ1) is 6.05.